The molecule has 3 rings (SSSR count). The molecule has 0 amide bonds. The van der Waals surface area contributed by atoms with Crippen molar-refractivity contribution >= 4 is 21.7 Å². The highest BCUT2D eigenvalue weighted by atomic mass is 32.2. The number of sulfonamides is 1. The number of carboxylic acids is 1. The number of carboxylic acid groups (broad SMARTS) is 1. The zero-order valence-electron chi connectivity index (χ0n) is 11.9. The van der Waals surface area contributed by atoms with Crippen molar-refractivity contribution in [3.8, 4) is 0 Å². The zero-order chi connectivity index (χ0) is 15.9. The summed E-state index contributed by atoms with van der Waals surface area (Å²) >= 11 is 0. The minimum atomic E-state index is -3.82. The molecular weight excluding hydrogens is 302 g/mol. The van der Waals surface area contributed by atoms with Crippen molar-refractivity contribution in [1.82, 2.24) is 0 Å². The van der Waals surface area contributed by atoms with Gasteiger partial charge in [0.15, 0.2) is 0 Å². The first-order valence-electron chi connectivity index (χ1n) is 6.85. The lowest BCUT2D eigenvalue weighted by atomic mass is 10.1. The molecule has 0 aliphatic carbocycles. The molecule has 1 aliphatic heterocycles. The number of para-hydroxylation sites is 1. The Morgan fingerprint density at radius 2 is 1.91 bits per heavy atom. The molecule has 5 nitrogen and oxygen atoms in total. The number of rotatable bonds is 3. The first kappa shape index (κ1) is 14.6. The molecule has 0 radical (unpaired) electrons. The van der Waals surface area contributed by atoms with Crippen LogP contribution in [0.15, 0.2) is 53.4 Å². The van der Waals surface area contributed by atoms with Crippen molar-refractivity contribution in [3.05, 3.63) is 59.7 Å². The third kappa shape index (κ3) is 2.25. The van der Waals surface area contributed by atoms with Crippen LogP contribution < -0.4 is 9.41 Å². The molecule has 2 aromatic carbocycles. The molecule has 1 aliphatic rings. The standard InChI is InChI=1S/C16H15NO4S/c1-11-9-12-5-2-3-8-15(12)17(11)22(20,21)14-7-4-6-13(10-14)16(18)19/h2-8,10-11H,9H2,1H3,(H,18,19)/p-1/t11-/m0/s1. The first-order valence-corrected chi connectivity index (χ1v) is 8.29. The summed E-state index contributed by atoms with van der Waals surface area (Å²) in [6.45, 7) is 1.83. The maximum atomic E-state index is 12.9. The SMILES string of the molecule is C[C@H]1Cc2ccccc2N1S(=O)(=O)c1cccc(C(=O)[O-])c1. The van der Waals surface area contributed by atoms with Crippen molar-refractivity contribution < 1.29 is 18.3 Å². The van der Waals surface area contributed by atoms with Crippen LogP contribution in [0, 0.1) is 0 Å². The first-order chi connectivity index (χ1) is 10.4. The molecule has 0 saturated heterocycles. The van der Waals surface area contributed by atoms with E-state index in [2.05, 4.69) is 0 Å². The normalized spacial score (nSPS) is 17.3. The van der Waals surface area contributed by atoms with E-state index >= 15 is 0 Å². The van der Waals surface area contributed by atoms with Crippen LogP contribution >= 0.6 is 0 Å². The summed E-state index contributed by atoms with van der Waals surface area (Å²) in [6.07, 6.45) is 0.635. The monoisotopic (exact) mass is 316 g/mol. The summed E-state index contributed by atoms with van der Waals surface area (Å²) in [5.41, 5.74) is 1.46. The Labute approximate surface area is 128 Å². The van der Waals surface area contributed by atoms with E-state index in [1.54, 1.807) is 12.1 Å². The molecule has 22 heavy (non-hydrogen) atoms. The second-order valence-electron chi connectivity index (χ2n) is 5.30. The molecular formula is C16H14NO4S-. The van der Waals surface area contributed by atoms with Gasteiger partial charge in [-0.15, -0.1) is 0 Å². The lowest BCUT2D eigenvalue weighted by Crippen LogP contribution is -2.36. The second kappa shape index (κ2) is 5.14. The molecule has 0 bridgehead atoms. The molecule has 2 aromatic rings. The van der Waals surface area contributed by atoms with Gasteiger partial charge in [0, 0.05) is 6.04 Å². The summed E-state index contributed by atoms with van der Waals surface area (Å²) < 4.78 is 27.1. The minimum absolute atomic E-state index is 0.0437. The Morgan fingerprint density at radius 3 is 2.64 bits per heavy atom. The van der Waals surface area contributed by atoms with Crippen LogP contribution in [-0.4, -0.2) is 20.4 Å². The summed E-state index contributed by atoms with van der Waals surface area (Å²) in [6, 6.07) is 12.4. The van der Waals surface area contributed by atoms with Crippen LogP contribution in [-0.2, 0) is 16.4 Å². The van der Waals surface area contributed by atoms with Gasteiger partial charge in [-0.05, 0) is 42.7 Å². The average molecular weight is 316 g/mol. The maximum absolute atomic E-state index is 12.9. The van der Waals surface area contributed by atoms with Crippen molar-refractivity contribution in [2.75, 3.05) is 4.31 Å². The predicted octanol–water partition coefficient (Wildman–Crippen LogP) is 1.19. The number of carbonyl (C=O) groups is 1. The highest BCUT2D eigenvalue weighted by molar-refractivity contribution is 7.92. The molecule has 0 fully saturated rings. The predicted molar refractivity (Wildman–Crippen MR) is 80.0 cm³/mol. The number of carbonyl (C=O) groups excluding carboxylic acids is 1. The number of hydrogen-bond donors (Lipinski definition) is 0. The van der Waals surface area contributed by atoms with E-state index in [4.69, 9.17) is 0 Å². The molecule has 1 heterocycles. The van der Waals surface area contributed by atoms with E-state index in [0.717, 1.165) is 11.6 Å². The molecule has 0 unspecified atom stereocenters. The van der Waals surface area contributed by atoms with Gasteiger partial charge in [0.2, 0.25) is 0 Å². The van der Waals surface area contributed by atoms with Crippen LogP contribution in [0.3, 0.4) is 0 Å². The van der Waals surface area contributed by atoms with Gasteiger partial charge < -0.3 is 9.90 Å². The van der Waals surface area contributed by atoms with Crippen molar-refractivity contribution in [2.45, 2.75) is 24.3 Å². The smallest absolute Gasteiger partial charge is 0.264 e. The van der Waals surface area contributed by atoms with E-state index in [1.807, 2.05) is 19.1 Å². The van der Waals surface area contributed by atoms with E-state index in [0.29, 0.717) is 12.1 Å². The van der Waals surface area contributed by atoms with Crippen LogP contribution in [0.2, 0.25) is 0 Å². The molecule has 0 aromatic heterocycles. The Morgan fingerprint density at radius 1 is 1.18 bits per heavy atom. The third-order valence-corrected chi connectivity index (χ3v) is 5.70. The fourth-order valence-corrected chi connectivity index (χ4v) is 4.54. The number of aromatic carboxylic acids is 1. The van der Waals surface area contributed by atoms with E-state index in [-0.39, 0.29) is 16.5 Å². The summed E-state index contributed by atoms with van der Waals surface area (Å²) in [4.78, 5) is 10.9. The molecule has 0 saturated carbocycles. The Balaban J connectivity index is 2.11. The number of anilines is 1. The molecule has 0 spiro atoms. The minimum Gasteiger partial charge on any atom is -0.545 e. The zero-order valence-corrected chi connectivity index (χ0v) is 12.7. The average Bonchev–Trinajstić information content (AvgIpc) is 2.83. The van der Waals surface area contributed by atoms with Crippen LogP contribution in [0.4, 0.5) is 5.69 Å². The van der Waals surface area contributed by atoms with E-state index < -0.39 is 16.0 Å². The number of hydrogen-bond acceptors (Lipinski definition) is 4. The second-order valence-corrected chi connectivity index (χ2v) is 7.11. The van der Waals surface area contributed by atoms with Gasteiger partial charge >= 0.3 is 0 Å². The molecule has 0 N–H and O–H groups in total. The maximum Gasteiger partial charge on any atom is 0.264 e. The summed E-state index contributed by atoms with van der Waals surface area (Å²) in [5.74, 6) is -1.40. The van der Waals surface area contributed by atoms with Gasteiger partial charge in [0.05, 0.1) is 16.6 Å². The van der Waals surface area contributed by atoms with Gasteiger partial charge in [-0.3, -0.25) is 4.31 Å². The van der Waals surface area contributed by atoms with Crippen LogP contribution in [0.25, 0.3) is 0 Å². The van der Waals surface area contributed by atoms with Gasteiger partial charge in [-0.25, -0.2) is 8.42 Å². The van der Waals surface area contributed by atoms with Crippen molar-refractivity contribution in [1.29, 1.82) is 0 Å². The summed E-state index contributed by atoms with van der Waals surface area (Å²) in [7, 11) is -3.82. The van der Waals surface area contributed by atoms with Gasteiger partial charge in [0.25, 0.3) is 10.0 Å². The van der Waals surface area contributed by atoms with Crippen molar-refractivity contribution in [2.24, 2.45) is 0 Å². The lowest BCUT2D eigenvalue weighted by molar-refractivity contribution is -0.255. The largest absolute Gasteiger partial charge is 0.545 e. The molecule has 1 atom stereocenters. The van der Waals surface area contributed by atoms with Gasteiger partial charge in [-0.1, -0.05) is 30.3 Å². The Kier molecular flexibility index (Phi) is 3.41. The molecule has 6 heteroatoms. The quantitative estimate of drug-likeness (QED) is 0.852. The van der Waals surface area contributed by atoms with Crippen LogP contribution in [0.5, 0.6) is 0 Å². The van der Waals surface area contributed by atoms with Gasteiger partial charge in [-0.2, -0.15) is 0 Å². The van der Waals surface area contributed by atoms with Crippen molar-refractivity contribution in [3.63, 3.8) is 0 Å². The van der Waals surface area contributed by atoms with Crippen LogP contribution in [0.1, 0.15) is 22.8 Å². The topological polar surface area (TPSA) is 77.5 Å². The third-order valence-electron chi connectivity index (χ3n) is 3.77. The van der Waals surface area contributed by atoms with E-state index in [1.165, 1.54) is 22.5 Å². The fraction of sp³-hybridized carbons (Fsp3) is 0.188. The highest BCUT2D eigenvalue weighted by Gasteiger charge is 2.35. The van der Waals surface area contributed by atoms with Gasteiger partial charge in [0.1, 0.15) is 0 Å². The highest BCUT2D eigenvalue weighted by Crippen LogP contribution is 2.36. The lowest BCUT2D eigenvalue weighted by Gasteiger charge is -2.24. The molecule has 114 valence electrons. The number of fused-ring (bicyclic) bond motifs is 1. The summed E-state index contributed by atoms with van der Waals surface area (Å²) in [5, 5.41) is 10.9. The fourth-order valence-electron chi connectivity index (χ4n) is 2.80. The number of benzene rings is 2. The number of nitrogens with zero attached hydrogens (tertiary/aromatic N) is 1. The Bertz CT molecular complexity index is 845. The Hall–Kier alpha value is -2.34. The van der Waals surface area contributed by atoms with E-state index in [9.17, 15) is 18.3 Å².